The van der Waals surface area contributed by atoms with Crippen LogP contribution in [0.3, 0.4) is 0 Å². The SMILES string of the molecule is CCC(Oc1ccc(-n2cc(O)c(=O)cc2C)cc1)C1CNCCO1. The van der Waals surface area contributed by atoms with Crippen molar-refractivity contribution in [3.05, 3.63) is 52.4 Å². The highest BCUT2D eigenvalue weighted by atomic mass is 16.5. The number of rotatable bonds is 5. The van der Waals surface area contributed by atoms with E-state index in [0.29, 0.717) is 6.61 Å². The number of morpholine rings is 1. The quantitative estimate of drug-likeness (QED) is 0.868. The normalized spacial score (nSPS) is 18.7. The number of aryl methyl sites for hydroxylation is 1. The zero-order valence-electron chi connectivity index (χ0n) is 14.6. The molecule has 1 aliphatic rings. The molecule has 1 aromatic heterocycles. The van der Waals surface area contributed by atoms with Crippen LogP contribution in [0.5, 0.6) is 11.5 Å². The zero-order valence-corrected chi connectivity index (χ0v) is 14.6. The van der Waals surface area contributed by atoms with Crippen LogP contribution in [0.2, 0.25) is 0 Å². The van der Waals surface area contributed by atoms with E-state index in [1.54, 1.807) is 4.57 Å². The van der Waals surface area contributed by atoms with Crippen molar-refractivity contribution in [2.75, 3.05) is 19.7 Å². The molecular weight excluding hydrogens is 320 g/mol. The molecule has 3 rings (SSSR count). The highest BCUT2D eigenvalue weighted by molar-refractivity contribution is 5.40. The minimum Gasteiger partial charge on any atom is -0.503 e. The Bertz CT molecular complexity index is 764. The number of pyridine rings is 1. The minimum absolute atomic E-state index is 0.00293. The fourth-order valence-electron chi connectivity index (χ4n) is 3.01. The van der Waals surface area contributed by atoms with E-state index in [1.807, 2.05) is 31.2 Å². The fraction of sp³-hybridized carbons (Fsp3) is 0.421. The second-order valence-electron chi connectivity index (χ2n) is 6.21. The molecule has 0 aliphatic carbocycles. The Labute approximate surface area is 147 Å². The molecule has 0 radical (unpaired) electrons. The molecule has 2 heterocycles. The molecule has 6 heteroatoms. The Morgan fingerprint density at radius 3 is 2.80 bits per heavy atom. The molecule has 1 saturated heterocycles. The first kappa shape index (κ1) is 17.5. The van der Waals surface area contributed by atoms with Crippen LogP contribution < -0.4 is 15.5 Å². The molecular formula is C19H24N2O4. The second-order valence-corrected chi connectivity index (χ2v) is 6.21. The third-order valence-electron chi connectivity index (χ3n) is 4.40. The molecule has 6 nitrogen and oxygen atoms in total. The number of nitrogens with one attached hydrogen (secondary N) is 1. The summed E-state index contributed by atoms with van der Waals surface area (Å²) in [5.41, 5.74) is 1.23. The van der Waals surface area contributed by atoms with E-state index in [9.17, 15) is 9.90 Å². The number of aromatic nitrogens is 1. The summed E-state index contributed by atoms with van der Waals surface area (Å²) in [5, 5.41) is 13.0. The van der Waals surface area contributed by atoms with Gasteiger partial charge in [-0.1, -0.05) is 6.92 Å². The average Bonchev–Trinajstić information content (AvgIpc) is 2.64. The maximum absolute atomic E-state index is 11.5. The van der Waals surface area contributed by atoms with E-state index >= 15 is 0 Å². The molecule has 0 bridgehead atoms. The molecule has 0 saturated carbocycles. The van der Waals surface area contributed by atoms with Crippen molar-refractivity contribution in [1.29, 1.82) is 0 Å². The molecule has 2 atom stereocenters. The topological polar surface area (TPSA) is 72.7 Å². The lowest BCUT2D eigenvalue weighted by Gasteiger charge is -2.30. The summed E-state index contributed by atoms with van der Waals surface area (Å²) >= 11 is 0. The molecule has 1 aromatic carbocycles. The van der Waals surface area contributed by atoms with Gasteiger partial charge in [0.15, 0.2) is 5.75 Å². The summed E-state index contributed by atoms with van der Waals surface area (Å²) in [4.78, 5) is 11.5. The lowest BCUT2D eigenvalue weighted by Crippen LogP contribution is -2.47. The molecule has 25 heavy (non-hydrogen) atoms. The number of hydrogen-bond acceptors (Lipinski definition) is 5. The van der Waals surface area contributed by atoms with Crippen LogP contribution in [0, 0.1) is 6.92 Å². The third kappa shape index (κ3) is 4.03. The van der Waals surface area contributed by atoms with Crippen molar-refractivity contribution >= 4 is 0 Å². The summed E-state index contributed by atoms with van der Waals surface area (Å²) in [6, 6.07) is 9.00. The lowest BCUT2D eigenvalue weighted by molar-refractivity contribution is -0.0427. The number of ether oxygens (including phenoxy) is 2. The monoisotopic (exact) mass is 344 g/mol. The summed E-state index contributed by atoms with van der Waals surface area (Å²) in [6.07, 6.45) is 2.35. The molecule has 1 aliphatic heterocycles. The minimum atomic E-state index is -0.374. The van der Waals surface area contributed by atoms with Crippen LogP contribution in [0.25, 0.3) is 5.69 Å². The Morgan fingerprint density at radius 2 is 2.16 bits per heavy atom. The Morgan fingerprint density at radius 1 is 1.40 bits per heavy atom. The van der Waals surface area contributed by atoms with Gasteiger partial charge in [-0.25, -0.2) is 0 Å². The van der Waals surface area contributed by atoms with Gasteiger partial charge in [-0.2, -0.15) is 0 Å². The van der Waals surface area contributed by atoms with Crippen molar-refractivity contribution in [3.8, 4) is 17.2 Å². The molecule has 1 fully saturated rings. The van der Waals surface area contributed by atoms with E-state index in [0.717, 1.165) is 36.6 Å². The van der Waals surface area contributed by atoms with Gasteiger partial charge in [-0.3, -0.25) is 4.79 Å². The predicted octanol–water partition coefficient (Wildman–Crippen LogP) is 2.00. The largest absolute Gasteiger partial charge is 0.503 e. The molecule has 2 aromatic rings. The first-order chi connectivity index (χ1) is 12.1. The average molecular weight is 344 g/mol. The number of nitrogens with zero attached hydrogens (tertiary/aromatic N) is 1. The third-order valence-corrected chi connectivity index (χ3v) is 4.40. The van der Waals surface area contributed by atoms with Crippen molar-refractivity contribution in [1.82, 2.24) is 9.88 Å². The van der Waals surface area contributed by atoms with Crippen LogP contribution in [-0.2, 0) is 4.74 Å². The Kier molecular flexibility index (Phi) is 5.40. The van der Waals surface area contributed by atoms with Crippen LogP contribution in [0.15, 0.2) is 41.3 Å². The van der Waals surface area contributed by atoms with Crippen molar-refractivity contribution in [2.45, 2.75) is 32.5 Å². The first-order valence-electron chi connectivity index (χ1n) is 8.60. The van der Waals surface area contributed by atoms with E-state index in [2.05, 4.69) is 12.2 Å². The maximum Gasteiger partial charge on any atom is 0.223 e. The van der Waals surface area contributed by atoms with Gasteiger partial charge in [-0.05, 0) is 37.6 Å². The highest BCUT2D eigenvalue weighted by Gasteiger charge is 2.24. The molecule has 134 valence electrons. The van der Waals surface area contributed by atoms with Gasteiger partial charge in [0.05, 0.1) is 12.8 Å². The van der Waals surface area contributed by atoms with E-state index in [1.165, 1.54) is 12.3 Å². The van der Waals surface area contributed by atoms with Crippen LogP contribution >= 0.6 is 0 Å². The summed E-state index contributed by atoms with van der Waals surface area (Å²) in [5.74, 6) is 0.506. The molecule has 0 spiro atoms. The van der Waals surface area contributed by atoms with Gasteiger partial charge in [0.25, 0.3) is 0 Å². The van der Waals surface area contributed by atoms with Crippen molar-refractivity contribution < 1.29 is 14.6 Å². The van der Waals surface area contributed by atoms with Crippen molar-refractivity contribution in [3.63, 3.8) is 0 Å². The predicted molar refractivity (Wildman–Crippen MR) is 95.8 cm³/mol. The summed E-state index contributed by atoms with van der Waals surface area (Å²) in [7, 11) is 0. The zero-order chi connectivity index (χ0) is 17.8. The van der Waals surface area contributed by atoms with Gasteiger partial charge >= 0.3 is 0 Å². The Balaban J connectivity index is 1.75. The second kappa shape index (κ2) is 7.72. The number of benzene rings is 1. The van der Waals surface area contributed by atoms with E-state index < -0.39 is 0 Å². The van der Waals surface area contributed by atoms with Crippen molar-refractivity contribution in [2.24, 2.45) is 0 Å². The van der Waals surface area contributed by atoms with E-state index in [4.69, 9.17) is 9.47 Å². The fourth-order valence-corrected chi connectivity index (χ4v) is 3.01. The first-order valence-corrected chi connectivity index (χ1v) is 8.60. The summed E-state index contributed by atoms with van der Waals surface area (Å²) < 4.78 is 13.7. The van der Waals surface area contributed by atoms with Gasteiger partial charge < -0.3 is 24.5 Å². The molecule has 2 N–H and O–H groups in total. The standard InChI is InChI=1S/C19H24N2O4/c1-3-18(19-11-20-8-9-24-19)25-15-6-4-14(5-7-15)21-12-17(23)16(22)10-13(21)2/h4-7,10,12,18-20,23H,3,8-9,11H2,1-2H3. The smallest absolute Gasteiger partial charge is 0.223 e. The van der Waals surface area contributed by atoms with Gasteiger partial charge in [0.2, 0.25) is 5.43 Å². The van der Waals surface area contributed by atoms with Gasteiger partial charge in [0, 0.05) is 30.5 Å². The van der Waals surface area contributed by atoms with E-state index in [-0.39, 0.29) is 23.4 Å². The lowest BCUT2D eigenvalue weighted by atomic mass is 10.1. The highest BCUT2D eigenvalue weighted by Crippen LogP contribution is 2.21. The number of hydrogen-bond donors (Lipinski definition) is 2. The Hall–Kier alpha value is -2.31. The van der Waals surface area contributed by atoms with Crippen LogP contribution in [-0.4, -0.2) is 41.6 Å². The molecule has 0 amide bonds. The summed E-state index contributed by atoms with van der Waals surface area (Å²) in [6.45, 7) is 6.30. The van der Waals surface area contributed by atoms with Gasteiger partial charge in [0.1, 0.15) is 18.0 Å². The van der Waals surface area contributed by atoms with Crippen LogP contribution in [0.1, 0.15) is 19.0 Å². The van der Waals surface area contributed by atoms with Gasteiger partial charge in [-0.15, -0.1) is 0 Å². The number of aromatic hydroxyl groups is 1. The maximum atomic E-state index is 11.5. The molecule has 2 unspecified atom stereocenters. The van der Waals surface area contributed by atoms with Crippen LogP contribution in [0.4, 0.5) is 0 Å².